The molecular formula is C20H27N2O5+. The zero-order chi connectivity index (χ0) is 19.6. The number of benzene rings is 1. The molecule has 27 heavy (non-hydrogen) atoms. The molecule has 146 valence electrons. The molecule has 2 saturated heterocycles. The van der Waals surface area contributed by atoms with Gasteiger partial charge in [-0.3, -0.25) is 9.59 Å². The number of quaternary nitrogens is 1. The zero-order valence-electron chi connectivity index (χ0n) is 16.0. The molecule has 0 saturated carbocycles. The summed E-state index contributed by atoms with van der Waals surface area (Å²) in [7, 11) is 3.74. The number of amides is 1. The van der Waals surface area contributed by atoms with Crippen LogP contribution in [0, 0.1) is 5.92 Å². The molecule has 1 aromatic rings. The maximum Gasteiger partial charge on any atom is 0.338 e. The Morgan fingerprint density at radius 1 is 1.19 bits per heavy atom. The predicted octanol–water partition coefficient (Wildman–Crippen LogP) is -0.00860. The van der Waals surface area contributed by atoms with Crippen LogP contribution in [0.3, 0.4) is 0 Å². The predicted molar refractivity (Wildman–Crippen MR) is 97.7 cm³/mol. The fourth-order valence-corrected chi connectivity index (χ4v) is 4.31. The van der Waals surface area contributed by atoms with E-state index in [1.54, 1.807) is 31.3 Å². The van der Waals surface area contributed by atoms with Crippen LogP contribution in [0.25, 0.3) is 0 Å². The van der Waals surface area contributed by atoms with E-state index in [1.165, 1.54) is 11.8 Å². The van der Waals surface area contributed by atoms with Crippen molar-refractivity contribution in [3.63, 3.8) is 0 Å². The van der Waals surface area contributed by atoms with Crippen LogP contribution in [0.4, 0.5) is 0 Å². The van der Waals surface area contributed by atoms with Crippen molar-refractivity contribution in [2.24, 2.45) is 5.92 Å². The summed E-state index contributed by atoms with van der Waals surface area (Å²) in [6.45, 7) is 1.45. The number of nitrogens with one attached hydrogen (secondary N) is 2. The van der Waals surface area contributed by atoms with E-state index in [0.717, 1.165) is 12.8 Å². The van der Waals surface area contributed by atoms with Gasteiger partial charge in [-0.25, -0.2) is 4.79 Å². The molecule has 7 nitrogen and oxygen atoms in total. The molecule has 1 aromatic carbocycles. The third-order valence-electron chi connectivity index (χ3n) is 5.75. The minimum Gasteiger partial charge on any atom is -0.486 e. The second-order valence-electron chi connectivity index (χ2n) is 7.46. The van der Waals surface area contributed by atoms with Crippen LogP contribution in [-0.4, -0.2) is 56.5 Å². The van der Waals surface area contributed by atoms with Crippen LogP contribution in [0.2, 0.25) is 0 Å². The van der Waals surface area contributed by atoms with E-state index in [0.29, 0.717) is 23.8 Å². The number of hydrogen-bond donors (Lipinski definition) is 2. The van der Waals surface area contributed by atoms with Crippen molar-refractivity contribution in [3.05, 3.63) is 29.8 Å². The Hall–Kier alpha value is -2.41. The number of esters is 1. The van der Waals surface area contributed by atoms with E-state index >= 15 is 0 Å². The summed E-state index contributed by atoms with van der Waals surface area (Å²) in [5, 5.41) is 2.72. The Morgan fingerprint density at radius 3 is 2.52 bits per heavy atom. The van der Waals surface area contributed by atoms with Gasteiger partial charge in [-0.2, -0.15) is 0 Å². The second kappa shape index (κ2) is 8.08. The quantitative estimate of drug-likeness (QED) is 0.683. The monoisotopic (exact) mass is 375 g/mol. The van der Waals surface area contributed by atoms with E-state index in [9.17, 15) is 14.4 Å². The smallest absolute Gasteiger partial charge is 0.338 e. The molecular weight excluding hydrogens is 348 g/mol. The molecule has 2 aliphatic rings. The fourth-order valence-electron chi connectivity index (χ4n) is 4.31. The normalized spacial score (nSPS) is 29.1. The third kappa shape index (κ3) is 4.13. The van der Waals surface area contributed by atoms with Gasteiger partial charge in [0.2, 0.25) is 5.91 Å². The first-order valence-corrected chi connectivity index (χ1v) is 9.39. The average molecular weight is 375 g/mol. The van der Waals surface area contributed by atoms with Gasteiger partial charge in [0.25, 0.3) is 0 Å². The number of piperidine rings is 1. The number of carbonyl (C=O) groups is 3. The first-order chi connectivity index (χ1) is 12.9. The van der Waals surface area contributed by atoms with Crippen LogP contribution < -0.4 is 15.0 Å². The lowest BCUT2D eigenvalue weighted by Crippen LogP contribution is -3.17. The molecule has 2 heterocycles. The highest BCUT2D eigenvalue weighted by molar-refractivity contribution is 5.90. The summed E-state index contributed by atoms with van der Waals surface area (Å²) in [4.78, 5) is 37.4. The Kier molecular flexibility index (Phi) is 5.79. The van der Waals surface area contributed by atoms with E-state index in [2.05, 4.69) is 12.4 Å². The van der Waals surface area contributed by atoms with Crippen molar-refractivity contribution >= 4 is 17.7 Å². The van der Waals surface area contributed by atoms with Crippen molar-refractivity contribution in [3.8, 4) is 5.75 Å². The van der Waals surface area contributed by atoms with Crippen molar-refractivity contribution in [2.75, 3.05) is 20.7 Å². The van der Waals surface area contributed by atoms with Gasteiger partial charge in [-0.1, -0.05) is 0 Å². The van der Waals surface area contributed by atoms with Gasteiger partial charge in [-0.15, -0.1) is 0 Å². The highest BCUT2D eigenvalue weighted by atomic mass is 16.5. The van der Waals surface area contributed by atoms with Crippen LogP contribution in [0.15, 0.2) is 24.3 Å². The SMILES string of the molecule is CNC(=O)[C@H]1C(OC(=O)c2ccc(OCC(C)=O)cc2)CC2CCC1[NH+]2C. The lowest BCUT2D eigenvalue weighted by Gasteiger charge is -2.38. The number of Topliss-reactive ketones (excluding diaryl/α,β-unsaturated/α-hetero) is 1. The Bertz CT molecular complexity index is 718. The van der Waals surface area contributed by atoms with Gasteiger partial charge in [0.1, 0.15) is 30.4 Å². The maximum atomic E-state index is 12.6. The van der Waals surface area contributed by atoms with Crippen LogP contribution in [-0.2, 0) is 14.3 Å². The van der Waals surface area contributed by atoms with Crippen LogP contribution >= 0.6 is 0 Å². The lowest BCUT2D eigenvalue weighted by molar-refractivity contribution is -0.926. The topological polar surface area (TPSA) is 86.1 Å². The van der Waals surface area contributed by atoms with Crippen LogP contribution in [0.1, 0.15) is 36.5 Å². The Balaban J connectivity index is 1.68. The van der Waals surface area contributed by atoms with Crippen molar-refractivity contribution in [1.29, 1.82) is 0 Å². The standard InChI is InChI=1S/C20H26N2O5/c1-12(23)11-26-15-7-4-13(5-8-15)20(25)27-17-10-14-6-9-16(22(14)3)18(17)19(24)21-2/h4-5,7-8,14,16-18H,6,9-11H2,1-3H3,(H,21,24)/p+1/t14?,16?,17?,18-/m1/s1. The van der Waals surface area contributed by atoms with E-state index in [1.807, 2.05) is 0 Å². The molecule has 5 atom stereocenters. The third-order valence-corrected chi connectivity index (χ3v) is 5.75. The molecule has 2 N–H and O–H groups in total. The molecule has 0 radical (unpaired) electrons. The molecule has 7 heteroatoms. The number of fused-ring (bicyclic) bond motifs is 2. The second-order valence-corrected chi connectivity index (χ2v) is 7.46. The largest absolute Gasteiger partial charge is 0.486 e. The summed E-state index contributed by atoms with van der Waals surface area (Å²) < 4.78 is 11.1. The van der Waals surface area contributed by atoms with Gasteiger partial charge in [0, 0.05) is 26.3 Å². The summed E-state index contributed by atoms with van der Waals surface area (Å²) in [6, 6.07) is 7.11. The van der Waals surface area contributed by atoms with E-state index in [4.69, 9.17) is 9.47 Å². The van der Waals surface area contributed by atoms with Crippen LogP contribution in [0.5, 0.6) is 5.75 Å². The highest BCUT2D eigenvalue weighted by Crippen LogP contribution is 2.30. The molecule has 0 aromatic heterocycles. The van der Waals surface area contributed by atoms with Gasteiger partial charge in [-0.05, 0) is 31.2 Å². The maximum absolute atomic E-state index is 12.6. The van der Waals surface area contributed by atoms with Crippen molar-refractivity contribution in [1.82, 2.24) is 5.32 Å². The zero-order valence-corrected chi connectivity index (χ0v) is 16.0. The number of rotatable bonds is 6. The molecule has 2 fully saturated rings. The van der Waals surface area contributed by atoms with Gasteiger partial charge in [0.05, 0.1) is 18.7 Å². The number of carbonyl (C=O) groups excluding carboxylic acids is 3. The fraction of sp³-hybridized carbons (Fsp3) is 0.550. The average Bonchev–Trinajstić information content (AvgIpc) is 2.89. The highest BCUT2D eigenvalue weighted by Gasteiger charge is 2.53. The molecule has 3 rings (SSSR count). The lowest BCUT2D eigenvalue weighted by atomic mass is 9.86. The Morgan fingerprint density at radius 2 is 1.89 bits per heavy atom. The minimum atomic E-state index is -0.439. The molecule has 0 aliphatic carbocycles. The molecule has 1 amide bonds. The molecule has 0 spiro atoms. The number of ketones is 1. The van der Waals surface area contributed by atoms with Crippen molar-refractivity contribution < 1.29 is 28.8 Å². The molecule has 2 aliphatic heterocycles. The van der Waals surface area contributed by atoms with Crippen molar-refractivity contribution in [2.45, 2.75) is 44.4 Å². The first-order valence-electron chi connectivity index (χ1n) is 9.39. The Labute approximate surface area is 159 Å². The minimum absolute atomic E-state index is 0.00168. The summed E-state index contributed by atoms with van der Waals surface area (Å²) in [6.07, 6.45) is 2.32. The summed E-state index contributed by atoms with van der Waals surface area (Å²) >= 11 is 0. The number of ether oxygens (including phenoxy) is 2. The van der Waals surface area contributed by atoms with Gasteiger partial charge < -0.3 is 19.7 Å². The first kappa shape index (κ1) is 19.4. The summed E-state index contributed by atoms with van der Waals surface area (Å²) in [5.74, 6) is -0.379. The van der Waals surface area contributed by atoms with E-state index in [-0.39, 0.29) is 30.3 Å². The molecule has 2 bridgehead atoms. The number of hydrogen-bond acceptors (Lipinski definition) is 5. The van der Waals surface area contributed by atoms with Gasteiger partial charge in [0.15, 0.2) is 5.78 Å². The summed E-state index contributed by atoms with van der Waals surface area (Å²) in [5.41, 5.74) is 0.402. The van der Waals surface area contributed by atoms with E-state index < -0.39 is 12.1 Å². The van der Waals surface area contributed by atoms with Gasteiger partial charge >= 0.3 is 5.97 Å². The molecule has 4 unspecified atom stereocenters.